The van der Waals surface area contributed by atoms with Gasteiger partial charge in [-0.15, -0.1) is 11.6 Å². The van der Waals surface area contributed by atoms with Crippen LogP contribution in [0.4, 0.5) is 0 Å². The van der Waals surface area contributed by atoms with E-state index in [4.69, 9.17) is 16.7 Å². The summed E-state index contributed by atoms with van der Waals surface area (Å²) < 4.78 is 0. The molecule has 66 valence electrons. The van der Waals surface area contributed by atoms with E-state index >= 15 is 0 Å². The van der Waals surface area contributed by atoms with E-state index in [1.165, 1.54) is 25.7 Å². The smallest absolute Gasteiger partial charge is 0.0459 e. The van der Waals surface area contributed by atoms with Crippen LogP contribution in [0.25, 0.3) is 0 Å². The van der Waals surface area contributed by atoms with Gasteiger partial charge in [0.1, 0.15) is 0 Å². The summed E-state index contributed by atoms with van der Waals surface area (Å²) in [5, 5.41) is 9.34. The van der Waals surface area contributed by atoms with Crippen LogP contribution in [0, 0.1) is 5.92 Å². The first kappa shape index (κ1) is 9.34. The molecule has 0 atom stereocenters. The van der Waals surface area contributed by atoms with Crippen LogP contribution in [0.5, 0.6) is 0 Å². The second-order valence-electron chi connectivity index (χ2n) is 3.51. The Labute approximate surface area is 73.8 Å². The van der Waals surface area contributed by atoms with Crippen LogP contribution in [0.3, 0.4) is 0 Å². The topological polar surface area (TPSA) is 20.2 Å². The number of aliphatic hydroxyl groups is 1. The molecular formula is C9H17ClO. The minimum atomic E-state index is 0.368. The highest BCUT2D eigenvalue weighted by Crippen LogP contribution is 2.24. The van der Waals surface area contributed by atoms with Crippen LogP contribution in [-0.4, -0.2) is 17.1 Å². The fourth-order valence-electron chi connectivity index (χ4n) is 1.73. The van der Waals surface area contributed by atoms with Crippen LogP contribution in [0.2, 0.25) is 0 Å². The Balaban J connectivity index is 2.22. The Kier molecular flexibility index (Phi) is 4.24. The van der Waals surface area contributed by atoms with Crippen LogP contribution in [0.1, 0.15) is 38.5 Å². The standard InChI is InChI=1S/C9H17ClO/c10-9-5-1-3-8(7-11)4-2-6-9/h8-9,11H,1-7H2. The summed E-state index contributed by atoms with van der Waals surface area (Å²) in [5.74, 6) is 0.555. The first-order valence-electron chi connectivity index (χ1n) is 4.58. The van der Waals surface area contributed by atoms with Gasteiger partial charge in [0, 0.05) is 12.0 Å². The summed E-state index contributed by atoms with van der Waals surface area (Å²) in [7, 11) is 0. The highest BCUT2D eigenvalue weighted by atomic mass is 35.5. The minimum Gasteiger partial charge on any atom is -0.396 e. The van der Waals surface area contributed by atoms with Crippen molar-refractivity contribution in [1.29, 1.82) is 0 Å². The summed E-state index contributed by atoms with van der Waals surface area (Å²) in [4.78, 5) is 0. The fourth-order valence-corrected chi connectivity index (χ4v) is 2.04. The lowest BCUT2D eigenvalue weighted by Crippen LogP contribution is -2.11. The Hall–Kier alpha value is 0.250. The van der Waals surface area contributed by atoms with Gasteiger partial charge in [-0.3, -0.25) is 0 Å². The van der Waals surface area contributed by atoms with Crippen molar-refractivity contribution in [3.8, 4) is 0 Å². The zero-order valence-corrected chi connectivity index (χ0v) is 7.69. The average Bonchev–Trinajstić information content (AvgIpc) is 1.96. The van der Waals surface area contributed by atoms with Gasteiger partial charge in [0.15, 0.2) is 0 Å². The molecule has 1 saturated carbocycles. The van der Waals surface area contributed by atoms with Gasteiger partial charge in [-0.1, -0.05) is 12.8 Å². The molecule has 0 aromatic heterocycles. The predicted molar refractivity (Wildman–Crippen MR) is 47.9 cm³/mol. The Bertz CT molecular complexity index is 95.7. The maximum atomic E-state index is 8.94. The molecule has 2 heteroatoms. The molecule has 1 fully saturated rings. The number of alkyl halides is 1. The first-order chi connectivity index (χ1) is 5.33. The molecule has 11 heavy (non-hydrogen) atoms. The summed E-state index contributed by atoms with van der Waals surface area (Å²) in [6, 6.07) is 0. The molecule has 1 aliphatic rings. The highest BCUT2D eigenvalue weighted by molar-refractivity contribution is 6.20. The van der Waals surface area contributed by atoms with E-state index in [0.717, 1.165) is 12.8 Å². The molecule has 1 rings (SSSR count). The molecule has 0 radical (unpaired) electrons. The average molecular weight is 177 g/mol. The van der Waals surface area contributed by atoms with Gasteiger partial charge >= 0.3 is 0 Å². The van der Waals surface area contributed by atoms with Gasteiger partial charge < -0.3 is 5.11 Å². The second-order valence-corrected chi connectivity index (χ2v) is 4.12. The quantitative estimate of drug-likeness (QED) is 0.609. The van der Waals surface area contributed by atoms with Crippen molar-refractivity contribution in [3.63, 3.8) is 0 Å². The van der Waals surface area contributed by atoms with Crippen LogP contribution in [-0.2, 0) is 0 Å². The monoisotopic (exact) mass is 176 g/mol. The Morgan fingerprint density at radius 2 is 1.64 bits per heavy atom. The molecule has 0 bridgehead atoms. The largest absolute Gasteiger partial charge is 0.396 e. The third-order valence-corrected chi connectivity index (χ3v) is 2.95. The molecule has 0 aromatic carbocycles. The lowest BCUT2D eigenvalue weighted by Gasteiger charge is -2.19. The number of halogens is 1. The summed E-state index contributed by atoms with van der Waals surface area (Å²) in [6.07, 6.45) is 6.99. The van der Waals surface area contributed by atoms with E-state index in [0.29, 0.717) is 17.9 Å². The van der Waals surface area contributed by atoms with E-state index in [-0.39, 0.29) is 0 Å². The molecular weight excluding hydrogens is 160 g/mol. The van der Waals surface area contributed by atoms with Crippen molar-refractivity contribution in [1.82, 2.24) is 0 Å². The summed E-state index contributed by atoms with van der Waals surface area (Å²) in [6.45, 7) is 0.368. The van der Waals surface area contributed by atoms with Crippen LogP contribution in [0.15, 0.2) is 0 Å². The van der Waals surface area contributed by atoms with Crippen molar-refractivity contribution in [2.45, 2.75) is 43.9 Å². The van der Waals surface area contributed by atoms with Crippen molar-refractivity contribution in [2.24, 2.45) is 5.92 Å². The molecule has 0 saturated heterocycles. The van der Waals surface area contributed by atoms with E-state index in [1.807, 2.05) is 0 Å². The fraction of sp³-hybridized carbons (Fsp3) is 1.00. The molecule has 1 N–H and O–H groups in total. The van der Waals surface area contributed by atoms with Gasteiger partial charge in [-0.2, -0.15) is 0 Å². The van der Waals surface area contributed by atoms with E-state index in [9.17, 15) is 0 Å². The lowest BCUT2D eigenvalue weighted by molar-refractivity contribution is 0.199. The minimum absolute atomic E-state index is 0.368. The lowest BCUT2D eigenvalue weighted by atomic mass is 9.92. The highest BCUT2D eigenvalue weighted by Gasteiger charge is 2.13. The maximum absolute atomic E-state index is 8.94. The van der Waals surface area contributed by atoms with Crippen LogP contribution >= 0.6 is 11.6 Å². The maximum Gasteiger partial charge on any atom is 0.0459 e. The SMILES string of the molecule is OCC1CCCC(Cl)CCC1. The van der Waals surface area contributed by atoms with Gasteiger partial charge in [-0.25, -0.2) is 0 Å². The molecule has 0 aliphatic heterocycles. The summed E-state index contributed by atoms with van der Waals surface area (Å²) in [5.41, 5.74) is 0. The van der Waals surface area contributed by atoms with Crippen molar-refractivity contribution in [2.75, 3.05) is 6.61 Å². The number of hydrogen-bond donors (Lipinski definition) is 1. The zero-order valence-electron chi connectivity index (χ0n) is 6.93. The zero-order chi connectivity index (χ0) is 8.10. The van der Waals surface area contributed by atoms with Crippen molar-refractivity contribution >= 4 is 11.6 Å². The second kappa shape index (κ2) is 5.00. The Morgan fingerprint density at radius 1 is 1.09 bits per heavy atom. The molecule has 0 heterocycles. The van der Waals surface area contributed by atoms with Crippen molar-refractivity contribution in [3.05, 3.63) is 0 Å². The molecule has 1 aliphatic carbocycles. The van der Waals surface area contributed by atoms with Crippen molar-refractivity contribution < 1.29 is 5.11 Å². The molecule has 0 amide bonds. The Morgan fingerprint density at radius 3 is 2.09 bits per heavy atom. The van der Waals surface area contributed by atoms with E-state index in [1.54, 1.807) is 0 Å². The third kappa shape index (κ3) is 3.44. The molecule has 1 nitrogen and oxygen atoms in total. The third-order valence-electron chi connectivity index (χ3n) is 2.52. The number of aliphatic hydroxyl groups excluding tert-OH is 1. The van der Waals surface area contributed by atoms with E-state index in [2.05, 4.69) is 0 Å². The number of rotatable bonds is 1. The number of hydrogen-bond acceptors (Lipinski definition) is 1. The van der Waals surface area contributed by atoms with Gasteiger partial charge in [-0.05, 0) is 31.6 Å². The van der Waals surface area contributed by atoms with E-state index < -0.39 is 0 Å². The van der Waals surface area contributed by atoms with Crippen LogP contribution < -0.4 is 0 Å². The first-order valence-corrected chi connectivity index (χ1v) is 5.01. The molecule has 0 unspecified atom stereocenters. The molecule has 0 spiro atoms. The summed E-state index contributed by atoms with van der Waals surface area (Å²) >= 11 is 6.02. The van der Waals surface area contributed by atoms with Gasteiger partial charge in [0.2, 0.25) is 0 Å². The molecule has 0 aromatic rings. The normalized spacial score (nSPS) is 34.4. The van der Waals surface area contributed by atoms with Gasteiger partial charge in [0.25, 0.3) is 0 Å². The predicted octanol–water partition coefficient (Wildman–Crippen LogP) is 2.56. The van der Waals surface area contributed by atoms with Gasteiger partial charge in [0.05, 0.1) is 0 Å².